The van der Waals surface area contributed by atoms with E-state index in [1.54, 1.807) is 6.92 Å². The smallest absolute Gasteiger partial charge is 0.396 e. The summed E-state index contributed by atoms with van der Waals surface area (Å²) in [6, 6.07) is 3.64. The van der Waals surface area contributed by atoms with Crippen LogP contribution in [0.25, 0.3) is 0 Å². The highest BCUT2D eigenvalue weighted by molar-refractivity contribution is 7.89. The van der Waals surface area contributed by atoms with Gasteiger partial charge < -0.3 is 5.11 Å². The standard InChI is InChI=1S/C12H16F3NO3S/c1-2-16(7-4-8-17)20(18,19)11-6-3-5-10(9-11)12(13,14)15/h3,5-6,9,17H,2,4,7-8H2,1H3. The molecule has 20 heavy (non-hydrogen) atoms. The van der Waals surface area contributed by atoms with Crippen LogP contribution >= 0.6 is 0 Å². The molecule has 1 aromatic rings. The van der Waals surface area contributed by atoms with Crippen LogP contribution in [0, 0.1) is 0 Å². The van der Waals surface area contributed by atoms with Crippen LogP contribution in [0.4, 0.5) is 13.2 Å². The van der Waals surface area contributed by atoms with E-state index in [2.05, 4.69) is 0 Å². The van der Waals surface area contributed by atoms with Gasteiger partial charge in [-0.15, -0.1) is 0 Å². The van der Waals surface area contributed by atoms with Gasteiger partial charge in [-0.1, -0.05) is 13.0 Å². The molecule has 0 unspecified atom stereocenters. The highest BCUT2D eigenvalue weighted by atomic mass is 32.2. The molecule has 1 N–H and O–H groups in total. The lowest BCUT2D eigenvalue weighted by Gasteiger charge is -2.20. The molecule has 0 fully saturated rings. The van der Waals surface area contributed by atoms with Crippen molar-refractivity contribution >= 4 is 10.0 Å². The number of hydrogen-bond acceptors (Lipinski definition) is 3. The maximum atomic E-state index is 12.6. The molecule has 0 aliphatic heterocycles. The van der Waals surface area contributed by atoms with Gasteiger partial charge in [-0.25, -0.2) is 8.42 Å². The lowest BCUT2D eigenvalue weighted by atomic mass is 10.2. The monoisotopic (exact) mass is 311 g/mol. The first kappa shape index (κ1) is 16.9. The molecule has 0 heterocycles. The zero-order chi connectivity index (χ0) is 15.4. The Balaban J connectivity index is 3.14. The normalized spacial score (nSPS) is 12.9. The Labute approximate surface area is 115 Å². The quantitative estimate of drug-likeness (QED) is 0.875. The summed E-state index contributed by atoms with van der Waals surface area (Å²) in [5.74, 6) is 0. The second-order valence-electron chi connectivity index (χ2n) is 4.10. The highest BCUT2D eigenvalue weighted by Crippen LogP contribution is 2.31. The van der Waals surface area contributed by atoms with E-state index in [1.165, 1.54) is 0 Å². The first-order chi connectivity index (χ1) is 9.23. The molecule has 0 bridgehead atoms. The van der Waals surface area contributed by atoms with Crippen molar-refractivity contribution in [3.05, 3.63) is 29.8 Å². The Morgan fingerprint density at radius 1 is 1.30 bits per heavy atom. The van der Waals surface area contributed by atoms with E-state index >= 15 is 0 Å². The SMILES string of the molecule is CCN(CCCO)S(=O)(=O)c1cccc(C(F)(F)F)c1. The van der Waals surface area contributed by atoms with Crippen LogP contribution in [-0.4, -0.2) is 37.5 Å². The average molecular weight is 311 g/mol. The molecule has 0 radical (unpaired) electrons. The third kappa shape index (κ3) is 3.94. The minimum absolute atomic E-state index is 0.0611. The van der Waals surface area contributed by atoms with E-state index < -0.39 is 26.7 Å². The van der Waals surface area contributed by atoms with Crippen LogP contribution in [0.3, 0.4) is 0 Å². The summed E-state index contributed by atoms with van der Waals surface area (Å²) in [4.78, 5) is -0.396. The molecule has 0 spiro atoms. The maximum Gasteiger partial charge on any atom is 0.416 e. The van der Waals surface area contributed by atoms with Crippen LogP contribution in [0.5, 0.6) is 0 Å². The third-order valence-corrected chi connectivity index (χ3v) is 4.69. The molecule has 114 valence electrons. The predicted molar refractivity (Wildman–Crippen MR) is 67.6 cm³/mol. The Bertz CT molecular complexity index is 543. The van der Waals surface area contributed by atoms with E-state index in [4.69, 9.17) is 5.11 Å². The van der Waals surface area contributed by atoms with Crippen molar-refractivity contribution in [2.45, 2.75) is 24.4 Å². The highest BCUT2D eigenvalue weighted by Gasteiger charge is 2.32. The molecule has 0 amide bonds. The van der Waals surface area contributed by atoms with Crippen LogP contribution < -0.4 is 0 Å². The molecule has 0 saturated carbocycles. The molecule has 0 saturated heterocycles. The first-order valence-electron chi connectivity index (χ1n) is 6.01. The number of benzene rings is 1. The van der Waals surface area contributed by atoms with Gasteiger partial charge in [-0.05, 0) is 24.6 Å². The van der Waals surface area contributed by atoms with Crippen molar-refractivity contribution in [1.29, 1.82) is 0 Å². The maximum absolute atomic E-state index is 12.6. The zero-order valence-corrected chi connectivity index (χ0v) is 11.7. The number of nitrogens with zero attached hydrogens (tertiary/aromatic N) is 1. The van der Waals surface area contributed by atoms with E-state index in [-0.39, 0.29) is 26.1 Å². The fraction of sp³-hybridized carbons (Fsp3) is 0.500. The van der Waals surface area contributed by atoms with Gasteiger partial charge in [0, 0.05) is 19.7 Å². The van der Waals surface area contributed by atoms with Crippen molar-refractivity contribution < 1.29 is 26.7 Å². The number of sulfonamides is 1. The van der Waals surface area contributed by atoms with E-state index in [9.17, 15) is 21.6 Å². The first-order valence-corrected chi connectivity index (χ1v) is 7.45. The van der Waals surface area contributed by atoms with Gasteiger partial charge in [0.25, 0.3) is 0 Å². The van der Waals surface area contributed by atoms with Gasteiger partial charge >= 0.3 is 6.18 Å². The average Bonchev–Trinajstić information content (AvgIpc) is 2.38. The number of aliphatic hydroxyl groups is 1. The summed E-state index contributed by atoms with van der Waals surface area (Å²) in [6.45, 7) is 1.58. The summed E-state index contributed by atoms with van der Waals surface area (Å²) in [7, 11) is -3.98. The molecule has 0 aliphatic rings. The largest absolute Gasteiger partial charge is 0.416 e. The number of halogens is 3. The Morgan fingerprint density at radius 2 is 1.95 bits per heavy atom. The van der Waals surface area contributed by atoms with Crippen LogP contribution in [0.1, 0.15) is 18.9 Å². The number of rotatable bonds is 6. The number of alkyl halides is 3. The summed E-state index contributed by atoms with van der Waals surface area (Å²) in [5.41, 5.74) is -1.00. The zero-order valence-electron chi connectivity index (χ0n) is 10.9. The molecule has 8 heteroatoms. The lowest BCUT2D eigenvalue weighted by molar-refractivity contribution is -0.137. The summed E-state index contributed by atoms with van der Waals surface area (Å²) in [5, 5.41) is 8.73. The van der Waals surface area contributed by atoms with Gasteiger partial charge in [-0.2, -0.15) is 17.5 Å². The van der Waals surface area contributed by atoms with Crippen LogP contribution in [0.2, 0.25) is 0 Å². The van der Waals surface area contributed by atoms with Crippen molar-refractivity contribution in [3.8, 4) is 0 Å². The van der Waals surface area contributed by atoms with E-state index in [0.29, 0.717) is 6.07 Å². The Hall–Kier alpha value is -1.12. The Kier molecular flexibility index (Phi) is 5.55. The van der Waals surface area contributed by atoms with Crippen LogP contribution in [0.15, 0.2) is 29.2 Å². The second-order valence-corrected chi connectivity index (χ2v) is 6.04. The number of aliphatic hydroxyl groups excluding tert-OH is 1. The Morgan fingerprint density at radius 3 is 2.45 bits per heavy atom. The van der Waals surface area contributed by atoms with Crippen LogP contribution in [-0.2, 0) is 16.2 Å². The molecular weight excluding hydrogens is 295 g/mol. The topological polar surface area (TPSA) is 57.6 Å². The van der Waals surface area contributed by atoms with Gasteiger partial charge in [0.1, 0.15) is 0 Å². The molecule has 0 aliphatic carbocycles. The van der Waals surface area contributed by atoms with E-state index in [1.807, 2.05) is 0 Å². The lowest BCUT2D eigenvalue weighted by Crippen LogP contribution is -2.32. The minimum atomic E-state index is -4.59. The third-order valence-electron chi connectivity index (χ3n) is 2.72. The van der Waals surface area contributed by atoms with Gasteiger partial charge in [0.2, 0.25) is 10.0 Å². The predicted octanol–water partition coefficient (Wildman–Crippen LogP) is 2.10. The van der Waals surface area contributed by atoms with Gasteiger partial charge in [0.05, 0.1) is 10.5 Å². The molecule has 4 nitrogen and oxygen atoms in total. The summed E-state index contributed by atoms with van der Waals surface area (Å²) >= 11 is 0. The van der Waals surface area contributed by atoms with Gasteiger partial charge in [0.15, 0.2) is 0 Å². The fourth-order valence-electron chi connectivity index (χ4n) is 1.68. The summed E-state index contributed by atoms with van der Waals surface area (Å²) in [6.07, 6.45) is -4.36. The van der Waals surface area contributed by atoms with E-state index in [0.717, 1.165) is 22.5 Å². The minimum Gasteiger partial charge on any atom is -0.396 e. The molecule has 1 aromatic carbocycles. The molecule has 0 aromatic heterocycles. The van der Waals surface area contributed by atoms with Crippen molar-refractivity contribution in [2.75, 3.05) is 19.7 Å². The molecule has 0 atom stereocenters. The van der Waals surface area contributed by atoms with Crippen molar-refractivity contribution in [2.24, 2.45) is 0 Å². The second kappa shape index (κ2) is 6.55. The fourth-order valence-corrected chi connectivity index (χ4v) is 3.21. The van der Waals surface area contributed by atoms with Gasteiger partial charge in [-0.3, -0.25) is 0 Å². The molecule has 1 rings (SSSR count). The molecular formula is C12H16F3NO3S. The number of hydrogen-bond donors (Lipinski definition) is 1. The van der Waals surface area contributed by atoms with Crippen molar-refractivity contribution in [1.82, 2.24) is 4.31 Å². The van der Waals surface area contributed by atoms with Crippen molar-refractivity contribution in [3.63, 3.8) is 0 Å². The summed E-state index contributed by atoms with van der Waals surface area (Å²) < 4.78 is 63.3.